The van der Waals surface area contributed by atoms with Crippen LogP contribution in [-0.4, -0.2) is 45.4 Å². The Bertz CT molecular complexity index is 1160. The Labute approximate surface area is 181 Å². The SMILES string of the molecule is [C-]#[N+]c1cc(-c2nc(-c3cccc4c3CC[C@@H]4N3CC(O)C3)no2)ccc1OC(C)C. The number of nitrogens with zero attached hydrogens (tertiary/aromatic N) is 4. The lowest BCUT2D eigenvalue weighted by Crippen LogP contribution is -2.51. The fourth-order valence-corrected chi connectivity index (χ4v) is 4.51. The number of benzene rings is 2. The first kappa shape index (κ1) is 19.7. The van der Waals surface area contributed by atoms with E-state index in [0.29, 0.717) is 34.8 Å². The molecule has 1 fully saturated rings. The van der Waals surface area contributed by atoms with E-state index < -0.39 is 0 Å². The van der Waals surface area contributed by atoms with Crippen molar-refractivity contribution in [3.05, 3.63) is 58.9 Å². The number of rotatable bonds is 5. The molecule has 7 heteroatoms. The van der Waals surface area contributed by atoms with Gasteiger partial charge in [-0.1, -0.05) is 23.4 Å². The maximum absolute atomic E-state index is 9.67. The van der Waals surface area contributed by atoms with Gasteiger partial charge in [-0.15, -0.1) is 0 Å². The molecule has 1 aromatic heterocycles. The predicted octanol–water partition coefficient (Wildman–Crippen LogP) is 4.41. The Balaban J connectivity index is 1.44. The summed E-state index contributed by atoms with van der Waals surface area (Å²) >= 11 is 0. The molecule has 5 rings (SSSR count). The smallest absolute Gasteiger partial charge is 0.256 e. The summed E-state index contributed by atoms with van der Waals surface area (Å²) in [5, 5.41) is 13.9. The third-order valence-corrected chi connectivity index (χ3v) is 5.93. The second-order valence-corrected chi connectivity index (χ2v) is 8.42. The van der Waals surface area contributed by atoms with Crippen LogP contribution >= 0.6 is 0 Å². The van der Waals surface area contributed by atoms with Gasteiger partial charge in [0, 0.05) is 30.3 Å². The molecule has 3 aromatic rings. The number of β-amino-alcohol motifs (C(OH)–C–C–N with tert-alkyl or cyclic N) is 1. The molecule has 1 aliphatic heterocycles. The Hall–Kier alpha value is -3.21. The van der Waals surface area contributed by atoms with E-state index in [1.165, 1.54) is 11.1 Å². The topological polar surface area (TPSA) is 76.0 Å². The summed E-state index contributed by atoms with van der Waals surface area (Å²) < 4.78 is 11.3. The molecule has 0 amide bonds. The van der Waals surface area contributed by atoms with Crippen molar-refractivity contribution in [3.63, 3.8) is 0 Å². The summed E-state index contributed by atoms with van der Waals surface area (Å²) in [4.78, 5) is 10.5. The number of fused-ring (bicyclic) bond motifs is 1. The highest BCUT2D eigenvalue weighted by Gasteiger charge is 2.36. The molecule has 1 saturated heterocycles. The van der Waals surface area contributed by atoms with Gasteiger partial charge in [0.15, 0.2) is 0 Å². The van der Waals surface area contributed by atoms with Gasteiger partial charge in [0.2, 0.25) is 11.5 Å². The zero-order chi connectivity index (χ0) is 21.5. The van der Waals surface area contributed by atoms with Crippen molar-refractivity contribution in [3.8, 4) is 28.6 Å². The molecule has 0 spiro atoms. The van der Waals surface area contributed by atoms with Gasteiger partial charge in [0.1, 0.15) is 5.75 Å². The molecule has 158 valence electrons. The fraction of sp³-hybridized carbons (Fsp3) is 0.375. The monoisotopic (exact) mass is 416 g/mol. The van der Waals surface area contributed by atoms with Crippen LogP contribution < -0.4 is 4.74 Å². The van der Waals surface area contributed by atoms with Crippen molar-refractivity contribution in [2.75, 3.05) is 13.1 Å². The van der Waals surface area contributed by atoms with Gasteiger partial charge in [-0.3, -0.25) is 4.90 Å². The van der Waals surface area contributed by atoms with Gasteiger partial charge in [-0.2, -0.15) is 4.98 Å². The molecular weight excluding hydrogens is 392 g/mol. The molecule has 0 radical (unpaired) electrons. The number of hydrogen-bond donors (Lipinski definition) is 1. The second kappa shape index (κ2) is 7.80. The number of likely N-dealkylation sites (tertiary alicyclic amines) is 1. The van der Waals surface area contributed by atoms with Crippen molar-refractivity contribution in [1.82, 2.24) is 15.0 Å². The summed E-state index contributed by atoms with van der Waals surface area (Å²) in [5.41, 5.74) is 4.65. The normalized spacial score (nSPS) is 18.6. The van der Waals surface area contributed by atoms with Gasteiger partial charge >= 0.3 is 0 Å². The lowest BCUT2D eigenvalue weighted by molar-refractivity contribution is -0.0251. The van der Waals surface area contributed by atoms with Crippen LogP contribution in [0.5, 0.6) is 5.75 Å². The van der Waals surface area contributed by atoms with E-state index in [2.05, 4.69) is 26.0 Å². The summed E-state index contributed by atoms with van der Waals surface area (Å²) in [6.07, 6.45) is 1.78. The van der Waals surface area contributed by atoms with E-state index in [1.54, 1.807) is 12.1 Å². The van der Waals surface area contributed by atoms with E-state index in [-0.39, 0.29) is 12.2 Å². The average Bonchev–Trinajstić information content (AvgIpc) is 3.39. The van der Waals surface area contributed by atoms with Crippen molar-refractivity contribution >= 4 is 5.69 Å². The molecule has 0 saturated carbocycles. The summed E-state index contributed by atoms with van der Waals surface area (Å²) in [7, 11) is 0. The van der Waals surface area contributed by atoms with Gasteiger partial charge in [-0.05, 0) is 56.0 Å². The van der Waals surface area contributed by atoms with Crippen LogP contribution in [0.4, 0.5) is 5.69 Å². The maximum Gasteiger partial charge on any atom is 0.256 e. The van der Waals surface area contributed by atoms with Crippen molar-refractivity contribution in [2.24, 2.45) is 0 Å². The minimum atomic E-state index is -0.204. The second-order valence-electron chi connectivity index (χ2n) is 8.42. The molecule has 2 aliphatic rings. The van der Waals surface area contributed by atoms with Crippen molar-refractivity contribution in [2.45, 2.75) is 44.9 Å². The largest absolute Gasteiger partial charge is 0.502 e. The van der Waals surface area contributed by atoms with E-state index in [1.807, 2.05) is 32.0 Å². The first-order valence-corrected chi connectivity index (χ1v) is 10.6. The van der Waals surface area contributed by atoms with Gasteiger partial charge < -0.3 is 14.4 Å². The lowest BCUT2D eigenvalue weighted by atomic mass is 9.99. The quantitative estimate of drug-likeness (QED) is 0.621. The molecule has 7 nitrogen and oxygen atoms in total. The number of aliphatic hydroxyl groups is 1. The van der Waals surface area contributed by atoms with Crippen LogP contribution in [0.3, 0.4) is 0 Å². The van der Waals surface area contributed by atoms with Gasteiger partial charge in [0.05, 0.1) is 18.8 Å². The molecule has 1 N–H and O–H groups in total. The molecule has 31 heavy (non-hydrogen) atoms. The van der Waals surface area contributed by atoms with E-state index in [9.17, 15) is 5.11 Å². The summed E-state index contributed by atoms with van der Waals surface area (Å²) in [6, 6.07) is 11.9. The molecule has 0 unspecified atom stereocenters. The Morgan fingerprint density at radius 3 is 2.84 bits per heavy atom. The number of ether oxygens (including phenoxy) is 1. The van der Waals surface area contributed by atoms with Crippen molar-refractivity contribution in [1.29, 1.82) is 0 Å². The highest BCUT2D eigenvalue weighted by atomic mass is 16.5. The van der Waals surface area contributed by atoms with E-state index >= 15 is 0 Å². The van der Waals surface area contributed by atoms with Crippen LogP contribution in [0.15, 0.2) is 40.9 Å². The fourth-order valence-electron chi connectivity index (χ4n) is 4.51. The first-order chi connectivity index (χ1) is 15.0. The third-order valence-electron chi connectivity index (χ3n) is 5.93. The Kier molecular flexibility index (Phi) is 4.97. The molecule has 2 aromatic carbocycles. The van der Waals surface area contributed by atoms with Crippen molar-refractivity contribution < 1.29 is 14.4 Å². The first-order valence-electron chi connectivity index (χ1n) is 10.6. The maximum atomic E-state index is 9.67. The minimum absolute atomic E-state index is 0.00937. The van der Waals surface area contributed by atoms with Gasteiger partial charge in [0.25, 0.3) is 5.89 Å². The zero-order valence-electron chi connectivity index (χ0n) is 17.6. The Morgan fingerprint density at radius 2 is 2.10 bits per heavy atom. The number of aromatic nitrogens is 2. The Morgan fingerprint density at radius 1 is 1.26 bits per heavy atom. The molecule has 1 atom stereocenters. The molecular formula is C24H24N4O3. The third kappa shape index (κ3) is 3.58. The van der Waals surface area contributed by atoms with E-state index in [4.69, 9.17) is 15.8 Å². The summed E-state index contributed by atoms with van der Waals surface area (Å²) in [6.45, 7) is 12.8. The standard InChI is InChI=1S/C24H24N4O3/c1-14(2)30-22-10-7-15(11-20(22)25-3)24-26-23(27-31-24)19-6-4-5-18-17(19)8-9-21(18)28-12-16(29)13-28/h4-7,10-11,14,16,21,29H,8-9,12-13H2,1-2H3/t21-/m0/s1. The molecule has 2 heterocycles. The molecule has 0 bridgehead atoms. The average molecular weight is 416 g/mol. The van der Waals surface area contributed by atoms with Crippen LogP contribution in [0.1, 0.15) is 37.4 Å². The van der Waals surface area contributed by atoms with E-state index in [0.717, 1.165) is 31.5 Å². The predicted molar refractivity (Wildman–Crippen MR) is 116 cm³/mol. The number of aliphatic hydroxyl groups excluding tert-OH is 1. The minimum Gasteiger partial charge on any atom is -0.502 e. The highest BCUT2D eigenvalue weighted by molar-refractivity contribution is 5.70. The van der Waals surface area contributed by atoms with Crippen LogP contribution in [-0.2, 0) is 6.42 Å². The van der Waals surface area contributed by atoms with Crippen LogP contribution in [0.25, 0.3) is 27.7 Å². The lowest BCUT2D eigenvalue weighted by Gasteiger charge is -2.40. The van der Waals surface area contributed by atoms with Crippen LogP contribution in [0, 0.1) is 6.57 Å². The van der Waals surface area contributed by atoms with Gasteiger partial charge in [-0.25, -0.2) is 4.85 Å². The van der Waals surface area contributed by atoms with Crippen LogP contribution in [0.2, 0.25) is 0 Å². The zero-order valence-corrected chi connectivity index (χ0v) is 17.6. The summed E-state index contributed by atoms with van der Waals surface area (Å²) in [5.74, 6) is 1.49. The highest BCUT2D eigenvalue weighted by Crippen LogP contribution is 2.42. The number of hydrogen-bond acceptors (Lipinski definition) is 6. The molecule has 1 aliphatic carbocycles.